The molecular weight excluding hydrogens is 441 g/mol. The van der Waals surface area contributed by atoms with E-state index in [0.29, 0.717) is 17.8 Å². The van der Waals surface area contributed by atoms with Gasteiger partial charge >= 0.3 is 0 Å². The average Bonchev–Trinajstić information content (AvgIpc) is 2.81. The van der Waals surface area contributed by atoms with Gasteiger partial charge in [0.05, 0.1) is 17.5 Å². The highest BCUT2D eigenvalue weighted by atomic mass is 32.2. The SMILES string of the molecule is COc1ccc(Cn2cc(S(=O)(=O)c3ccc(C(C)C)cc3)c(=O)c3cc(F)ccc32)cc1. The minimum atomic E-state index is -4.12. The van der Waals surface area contributed by atoms with Crippen LogP contribution in [0.2, 0.25) is 0 Å². The minimum Gasteiger partial charge on any atom is -0.497 e. The highest BCUT2D eigenvalue weighted by Crippen LogP contribution is 2.25. The Labute approximate surface area is 192 Å². The van der Waals surface area contributed by atoms with Gasteiger partial charge in [0.1, 0.15) is 16.5 Å². The number of benzene rings is 3. The lowest BCUT2D eigenvalue weighted by molar-refractivity contribution is 0.414. The number of ether oxygens (including phenoxy) is 1. The summed E-state index contributed by atoms with van der Waals surface area (Å²) in [5.41, 5.74) is 1.59. The normalized spacial score (nSPS) is 11.8. The molecule has 0 aliphatic rings. The summed E-state index contributed by atoms with van der Waals surface area (Å²) >= 11 is 0. The molecule has 0 atom stereocenters. The molecule has 0 radical (unpaired) electrons. The molecule has 0 N–H and O–H groups in total. The van der Waals surface area contributed by atoms with Crippen molar-refractivity contribution in [3.8, 4) is 5.75 Å². The lowest BCUT2D eigenvalue weighted by Crippen LogP contribution is -2.20. The minimum absolute atomic E-state index is 0.0170. The number of sulfone groups is 1. The van der Waals surface area contributed by atoms with Crippen molar-refractivity contribution in [1.82, 2.24) is 4.57 Å². The largest absolute Gasteiger partial charge is 0.497 e. The zero-order valence-corrected chi connectivity index (χ0v) is 19.4. The Hall–Kier alpha value is -3.45. The van der Waals surface area contributed by atoms with E-state index in [1.807, 2.05) is 26.0 Å². The molecule has 0 aliphatic carbocycles. The molecule has 0 fully saturated rings. The van der Waals surface area contributed by atoms with Gasteiger partial charge in [-0.25, -0.2) is 12.8 Å². The molecule has 0 saturated heterocycles. The Bertz CT molecular complexity index is 1470. The van der Waals surface area contributed by atoms with Crippen LogP contribution in [0.15, 0.2) is 87.5 Å². The summed E-state index contributed by atoms with van der Waals surface area (Å²) in [6.07, 6.45) is 1.35. The van der Waals surface area contributed by atoms with Crippen molar-refractivity contribution < 1.29 is 17.5 Å². The van der Waals surface area contributed by atoms with Gasteiger partial charge in [0, 0.05) is 18.1 Å². The fourth-order valence-electron chi connectivity index (χ4n) is 3.75. The van der Waals surface area contributed by atoms with Gasteiger partial charge in [-0.05, 0) is 59.5 Å². The summed E-state index contributed by atoms with van der Waals surface area (Å²) in [6, 6.07) is 17.6. The molecule has 7 heteroatoms. The van der Waals surface area contributed by atoms with Crippen LogP contribution in [0.4, 0.5) is 4.39 Å². The quantitative estimate of drug-likeness (QED) is 0.395. The van der Waals surface area contributed by atoms with Crippen LogP contribution in [0.5, 0.6) is 5.75 Å². The van der Waals surface area contributed by atoms with Gasteiger partial charge in [-0.15, -0.1) is 0 Å². The lowest BCUT2D eigenvalue weighted by atomic mass is 10.0. The molecule has 3 aromatic carbocycles. The second-order valence-electron chi connectivity index (χ2n) is 8.19. The maximum atomic E-state index is 14.0. The van der Waals surface area contributed by atoms with Crippen molar-refractivity contribution in [1.29, 1.82) is 0 Å². The molecule has 0 aliphatic heterocycles. The number of methoxy groups -OCH3 is 1. The number of hydrogen-bond donors (Lipinski definition) is 0. The first-order valence-corrected chi connectivity index (χ1v) is 12.0. The third kappa shape index (κ3) is 4.41. The van der Waals surface area contributed by atoms with Gasteiger partial charge in [0.2, 0.25) is 15.3 Å². The van der Waals surface area contributed by atoms with Crippen LogP contribution in [0.1, 0.15) is 30.9 Å². The van der Waals surface area contributed by atoms with Crippen molar-refractivity contribution in [2.45, 2.75) is 36.1 Å². The zero-order chi connectivity index (χ0) is 23.8. The molecule has 4 aromatic rings. The van der Waals surface area contributed by atoms with Crippen LogP contribution in [0.25, 0.3) is 10.9 Å². The van der Waals surface area contributed by atoms with Crippen LogP contribution in [0.3, 0.4) is 0 Å². The molecule has 5 nitrogen and oxygen atoms in total. The Kier molecular flexibility index (Phi) is 6.08. The van der Waals surface area contributed by atoms with E-state index in [1.54, 1.807) is 35.9 Å². The Morgan fingerprint density at radius 3 is 2.24 bits per heavy atom. The molecule has 1 aromatic heterocycles. The molecule has 33 heavy (non-hydrogen) atoms. The van der Waals surface area contributed by atoms with E-state index in [2.05, 4.69) is 0 Å². The number of fused-ring (bicyclic) bond motifs is 1. The summed E-state index contributed by atoms with van der Waals surface area (Å²) < 4.78 is 47.7. The van der Waals surface area contributed by atoms with Crippen LogP contribution in [-0.2, 0) is 16.4 Å². The van der Waals surface area contributed by atoms with E-state index in [0.717, 1.165) is 17.2 Å². The van der Waals surface area contributed by atoms with Gasteiger partial charge in [0.15, 0.2) is 0 Å². The molecule has 0 spiro atoms. The maximum absolute atomic E-state index is 14.0. The van der Waals surface area contributed by atoms with Crippen LogP contribution < -0.4 is 10.2 Å². The Morgan fingerprint density at radius 2 is 1.64 bits per heavy atom. The van der Waals surface area contributed by atoms with Crippen molar-refractivity contribution in [2.24, 2.45) is 0 Å². The summed E-state index contributed by atoms with van der Waals surface area (Å²) in [5, 5.41) is 0.0170. The fraction of sp³-hybridized carbons (Fsp3) is 0.192. The highest BCUT2D eigenvalue weighted by Gasteiger charge is 2.24. The molecule has 0 unspecified atom stereocenters. The first kappa shape index (κ1) is 22.7. The van der Waals surface area contributed by atoms with E-state index < -0.39 is 21.1 Å². The van der Waals surface area contributed by atoms with Crippen molar-refractivity contribution >= 4 is 20.7 Å². The topological polar surface area (TPSA) is 65.4 Å². The first-order chi connectivity index (χ1) is 15.7. The third-order valence-corrected chi connectivity index (χ3v) is 7.43. The number of hydrogen-bond acceptors (Lipinski definition) is 4. The smallest absolute Gasteiger partial charge is 0.211 e. The number of pyridine rings is 1. The number of halogens is 1. The van der Waals surface area contributed by atoms with Crippen LogP contribution >= 0.6 is 0 Å². The van der Waals surface area contributed by atoms with Gasteiger partial charge in [0.25, 0.3) is 0 Å². The lowest BCUT2D eigenvalue weighted by Gasteiger charge is -2.15. The Balaban J connectivity index is 1.89. The molecule has 4 rings (SSSR count). The summed E-state index contributed by atoms with van der Waals surface area (Å²) in [6.45, 7) is 4.32. The van der Waals surface area contributed by atoms with Gasteiger partial charge in [-0.2, -0.15) is 0 Å². The van der Waals surface area contributed by atoms with Crippen LogP contribution in [-0.4, -0.2) is 20.1 Å². The van der Waals surface area contributed by atoms with E-state index in [1.165, 1.54) is 30.5 Å². The van der Waals surface area contributed by atoms with Gasteiger partial charge < -0.3 is 9.30 Å². The second kappa shape index (κ2) is 8.83. The van der Waals surface area contributed by atoms with E-state index in [-0.39, 0.29) is 21.1 Å². The number of nitrogens with zero attached hydrogens (tertiary/aromatic N) is 1. The van der Waals surface area contributed by atoms with E-state index in [9.17, 15) is 17.6 Å². The zero-order valence-electron chi connectivity index (χ0n) is 18.6. The molecular formula is C26H24FNO4S. The second-order valence-corrected chi connectivity index (χ2v) is 10.1. The molecule has 0 amide bonds. The highest BCUT2D eigenvalue weighted by molar-refractivity contribution is 7.91. The third-order valence-electron chi connectivity index (χ3n) is 5.67. The van der Waals surface area contributed by atoms with Crippen LogP contribution in [0, 0.1) is 5.82 Å². The van der Waals surface area contributed by atoms with Crippen molar-refractivity contribution in [3.63, 3.8) is 0 Å². The molecule has 1 heterocycles. The number of aromatic nitrogens is 1. The summed E-state index contributed by atoms with van der Waals surface area (Å²) in [4.78, 5) is 12.8. The van der Waals surface area contributed by atoms with Gasteiger partial charge in [-0.1, -0.05) is 38.1 Å². The average molecular weight is 466 g/mol. The predicted octanol–water partition coefficient (Wildman–Crippen LogP) is 5.15. The van der Waals surface area contributed by atoms with Crippen molar-refractivity contribution in [3.05, 3.63) is 100 Å². The molecule has 0 bridgehead atoms. The first-order valence-electron chi connectivity index (χ1n) is 10.5. The standard InChI is InChI=1S/C26H24FNO4S/c1-17(2)19-6-11-22(12-7-19)33(30,31)25-16-28(15-18-4-9-21(32-3)10-5-18)24-13-8-20(27)14-23(24)26(25)29/h4-14,16-17H,15H2,1-3H3. The van der Waals surface area contributed by atoms with E-state index in [4.69, 9.17) is 4.74 Å². The van der Waals surface area contributed by atoms with Crippen molar-refractivity contribution in [2.75, 3.05) is 7.11 Å². The maximum Gasteiger partial charge on any atom is 0.211 e. The Morgan fingerprint density at radius 1 is 0.970 bits per heavy atom. The summed E-state index contributed by atoms with van der Waals surface area (Å²) in [7, 11) is -2.54. The fourth-order valence-corrected chi connectivity index (χ4v) is 5.12. The molecule has 0 saturated carbocycles. The summed E-state index contributed by atoms with van der Waals surface area (Å²) in [5.74, 6) is 0.331. The molecule has 170 valence electrons. The van der Waals surface area contributed by atoms with Gasteiger partial charge in [-0.3, -0.25) is 4.79 Å². The number of rotatable bonds is 6. The monoisotopic (exact) mass is 465 g/mol. The predicted molar refractivity (Wildman–Crippen MR) is 126 cm³/mol. The van der Waals surface area contributed by atoms with E-state index >= 15 is 0 Å².